The number of anilines is 1. The minimum absolute atomic E-state index is 0.118. The summed E-state index contributed by atoms with van der Waals surface area (Å²) >= 11 is 0. The Balaban J connectivity index is 1.79. The lowest BCUT2D eigenvalue weighted by molar-refractivity contribution is -0.125. The van der Waals surface area contributed by atoms with Crippen molar-refractivity contribution in [3.05, 3.63) is 54.1 Å². The molecule has 0 aliphatic carbocycles. The number of ether oxygens (including phenoxy) is 2. The van der Waals surface area contributed by atoms with Crippen LogP contribution in [0.1, 0.15) is 19.4 Å². The van der Waals surface area contributed by atoms with Crippen LogP contribution in [-0.2, 0) is 16.0 Å². The van der Waals surface area contributed by atoms with Gasteiger partial charge in [0, 0.05) is 5.69 Å². The molecule has 26 heavy (non-hydrogen) atoms. The molecule has 0 fully saturated rings. The average Bonchev–Trinajstić information content (AvgIpc) is 2.66. The van der Waals surface area contributed by atoms with E-state index in [4.69, 9.17) is 9.47 Å². The molecule has 0 unspecified atom stereocenters. The highest BCUT2D eigenvalue weighted by Crippen LogP contribution is 2.26. The fourth-order valence-corrected chi connectivity index (χ4v) is 2.36. The predicted octanol–water partition coefficient (Wildman–Crippen LogP) is 2.78. The molecular formula is C20H24N2O4. The minimum Gasteiger partial charge on any atom is -0.490 e. The van der Waals surface area contributed by atoms with Crippen LogP contribution < -0.4 is 20.1 Å². The standard InChI is InChI=1S/C20H24N2O4/c1-3-15-9-5-6-10-16(15)22-19(23)13-21-20(24)14-26-18-12-8-7-11-17(18)25-4-2/h5-12H,3-4,13-14H2,1-2H3,(H,21,24)(H,22,23). The summed E-state index contributed by atoms with van der Waals surface area (Å²) in [5.41, 5.74) is 1.80. The maximum Gasteiger partial charge on any atom is 0.258 e. The van der Waals surface area contributed by atoms with Gasteiger partial charge in [-0.05, 0) is 37.1 Å². The van der Waals surface area contributed by atoms with Gasteiger partial charge in [0.1, 0.15) is 0 Å². The third kappa shape index (κ3) is 5.81. The summed E-state index contributed by atoms with van der Waals surface area (Å²) in [5, 5.41) is 5.35. The molecule has 6 heteroatoms. The molecule has 0 aliphatic rings. The molecule has 0 bridgehead atoms. The zero-order valence-corrected chi connectivity index (χ0v) is 15.1. The molecule has 0 aliphatic heterocycles. The quantitative estimate of drug-likeness (QED) is 0.724. The Morgan fingerprint density at radius 3 is 2.23 bits per heavy atom. The van der Waals surface area contributed by atoms with Gasteiger partial charge in [0.2, 0.25) is 5.91 Å². The number of benzene rings is 2. The highest BCUT2D eigenvalue weighted by Gasteiger charge is 2.10. The van der Waals surface area contributed by atoms with Crippen molar-refractivity contribution in [2.45, 2.75) is 20.3 Å². The molecule has 138 valence electrons. The summed E-state index contributed by atoms with van der Waals surface area (Å²) in [6, 6.07) is 14.7. The molecule has 0 atom stereocenters. The molecule has 0 heterocycles. The first kappa shape index (κ1) is 19.3. The van der Waals surface area contributed by atoms with Crippen molar-refractivity contribution in [3.8, 4) is 11.5 Å². The van der Waals surface area contributed by atoms with E-state index in [1.807, 2.05) is 44.2 Å². The molecule has 2 N–H and O–H groups in total. The lowest BCUT2D eigenvalue weighted by atomic mass is 10.1. The SMILES string of the molecule is CCOc1ccccc1OCC(=O)NCC(=O)Nc1ccccc1CC. The first-order valence-electron chi connectivity index (χ1n) is 8.63. The van der Waals surface area contributed by atoms with Gasteiger partial charge in [-0.1, -0.05) is 37.3 Å². The first-order chi connectivity index (χ1) is 12.6. The fraction of sp³-hybridized carbons (Fsp3) is 0.300. The van der Waals surface area contributed by atoms with Gasteiger partial charge >= 0.3 is 0 Å². The number of nitrogens with one attached hydrogen (secondary N) is 2. The molecule has 2 amide bonds. The van der Waals surface area contributed by atoms with Crippen LogP contribution in [0.2, 0.25) is 0 Å². The van der Waals surface area contributed by atoms with Gasteiger partial charge in [-0.25, -0.2) is 0 Å². The number of hydrogen-bond donors (Lipinski definition) is 2. The Hall–Kier alpha value is -3.02. The smallest absolute Gasteiger partial charge is 0.258 e. The van der Waals surface area contributed by atoms with Crippen molar-refractivity contribution in [2.75, 3.05) is 25.1 Å². The van der Waals surface area contributed by atoms with Crippen LogP contribution in [0.3, 0.4) is 0 Å². The van der Waals surface area contributed by atoms with E-state index in [0.717, 1.165) is 17.7 Å². The van der Waals surface area contributed by atoms with Crippen molar-refractivity contribution in [3.63, 3.8) is 0 Å². The second-order valence-corrected chi connectivity index (χ2v) is 5.50. The number of para-hydroxylation sites is 3. The number of amides is 2. The maximum atomic E-state index is 12.0. The van der Waals surface area contributed by atoms with Crippen LogP contribution in [-0.4, -0.2) is 31.6 Å². The van der Waals surface area contributed by atoms with Crippen LogP contribution in [0, 0.1) is 0 Å². The van der Waals surface area contributed by atoms with Crippen LogP contribution in [0.25, 0.3) is 0 Å². The molecule has 6 nitrogen and oxygen atoms in total. The van der Waals surface area contributed by atoms with E-state index < -0.39 is 0 Å². The van der Waals surface area contributed by atoms with E-state index in [2.05, 4.69) is 10.6 Å². The van der Waals surface area contributed by atoms with Crippen LogP contribution >= 0.6 is 0 Å². The zero-order chi connectivity index (χ0) is 18.8. The number of aryl methyl sites for hydroxylation is 1. The van der Waals surface area contributed by atoms with Crippen molar-refractivity contribution < 1.29 is 19.1 Å². The maximum absolute atomic E-state index is 12.0. The minimum atomic E-state index is -0.379. The van der Waals surface area contributed by atoms with Gasteiger partial charge in [-0.2, -0.15) is 0 Å². The molecule has 0 saturated heterocycles. The first-order valence-corrected chi connectivity index (χ1v) is 8.63. The molecule has 0 spiro atoms. The Morgan fingerprint density at radius 2 is 1.54 bits per heavy atom. The zero-order valence-electron chi connectivity index (χ0n) is 15.1. The molecule has 0 saturated carbocycles. The van der Waals surface area contributed by atoms with Gasteiger partial charge in [0.25, 0.3) is 5.91 Å². The van der Waals surface area contributed by atoms with Gasteiger partial charge in [0.15, 0.2) is 18.1 Å². The summed E-state index contributed by atoms with van der Waals surface area (Å²) in [7, 11) is 0. The predicted molar refractivity (Wildman–Crippen MR) is 101 cm³/mol. The van der Waals surface area contributed by atoms with Crippen molar-refractivity contribution in [1.82, 2.24) is 5.32 Å². The Morgan fingerprint density at radius 1 is 0.885 bits per heavy atom. The molecule has 2 aromatic carbocycles. The topological polar surface area (TPSA) is 76.7 Å². The number of rotatable bonds is 9. The summed E-state index contributed by atoms with van der Waals surface area (Å²) in [5.74, 6) is 0.409. The largest absolute Gasteiger partial charge is 0.490 e. The Kier molecular flexibility index (Phi) is 7.49. The van der Waals surface area contributed by atoms with Crippen LogP contribution in [0.5, 0.6) is 11.5 Å². The monoisotopic (exact) mass is 356 g/mol. The third-order valence-corrected chi connectivity index (χ3v) is 3.63. The number of hydrogen-bond acceptors (Lipinski definition) is 4. The van der Waals surface area contributed by atoms with E-state index in [9.17, 15) is 9.59 Å². The van der Waals surface area contributed by atoms with Crippen LogP contribution in [0.4, 0.5) is 5.69 Å². The molecular weight excluding hydrogens is 332 g/mol. The molecule has 0 radical (unpaired) electrons. The second-order valence-electron chi connectivity index (χ2n) is 5.50. The van der Waals surface area contributed by atoms with E-state index in [-0.39, 0.29) is 25.0 Å². The highest BCUT2D eigenvalue weighted by molar-refractivity contribution is 5.95. The van der Waals surface area contributed by atoms with E-state index >= 15 is 0 Å². The molecule has 0 aromatic heterocycles. The van der Waals surface area contributed by atoms with Crippen molar-refractivity contribution in [1.29, 1.82) is 0 Å². The van der Waals surface area contributed by atoms with Crippen molar-refractivity contribution >= 4 is 17.5 Å². The summed E-state index contributed by atoms with van der Waals surface area (Å²) in [6.07, 6.45) is 0.815. The third-order valence-electron chi connectivity index (χ3n) is 3.63. The van der Waals surface area contributed by atoms with Crippen molar-refractivity contribution in [2.24, 2.45) is 0 Å². The number of carbonyl (C=O) groups excluding carboxylic acids is 2. The Labute approximate surface area is 153 Å². The molecule has 2 rings (SSSR count). The summed E-state index contributed by atoms with van der Waals surface area (Å²) in [4.78, 5) is 23.9. The van der Waals surface area contributed by atoms with Gasteiger partial charge in [0.05, 0.1) is 13.2 Å². The highest BCUT2D eigenvalue weighted by atomic mass is 16.5. The Bertz CT molecular complexity index is 746. The lowest BCUT2D eigenvalue weighted by Gasteiger charge is -2.12. The average molecular weight is 356 g/mol. The van der Waals surface area contributed by atoms with E-state index in [0.29, 0.717) is 18.1 Å². The number of carbonyl (C=O) groups is 2. The second kappa shape index (κ2) is 10.1. The molecule has 2 aromatic rings. The van der Waals surface area contributed by atoms with E-state index in [1.165, 1.54) is 0 Å². The lowest BCUT2D eigenvalue weighted by Crippen LogP contribution is -2.35. The van der Waals surface area contributed by atoms with Crippen LogP contribution in [0.15, 0.2) is 48.5 Å². The summed E-state index contributed by atoms with van der Waals surface area (Å²) < 4.78 is 10.9. The van der Waals surface area contributed by atoms with Gasteiger partial charge in [-0.15, -0.1) is 0 Å². The van der Waals surface area contributed by atoms with Gasteiger partial charge in [-0.3, -0.25) is 9.59 Å². The summed E-state index contributed by atoms with van der Waals surface area (Å²) in [6.45, 7) is 4.09. The normalized spacial score (nSPS) is 10.1. The fourth-order valence-electron chi connectivity index (χ4n) is 2.36. The van der Waals surface area contributed by atoms with Gasteiger partial charge < -0.3 is 20.1 Å². The van der Waals surface area contributed by atoms with E-state index in [1.54, 1.807) is 18.2 Å².